The smallest absolute Gasteiger partial charge is 0.307 e. The molecule has 0 radical (unpaired) electrons. The maximum absolute atomic E-state index is 10.3. The molecule has 2 aromatic rings. The van der Waals surface area contributed by atoms with E-state index in [2.05, 4.69) is 6.07 Å². The molecule has 128 valence electrons. The molecule has 0 heterocycles. The zero-order valence-electron chi connectivity index (χ0n) is 13.3. The lowest BCUT2D eigenvalue weighted by Crippen LogP contribution is -1.99. The molecule has 0 unspecified atom stereocenters. The van der Waals surface area contributed by atoms with E-state index in [1.165, 1.54) is 0 Å². The molecular formula is C18H18Cl3NO2. The Morgan fingerprint density at radius 2 is 1.50 bits per heavy atom. The van der Waals surface area contributed by atoms with Crippen molar-refractivity contribution in [2.24, 2.45) is 0 Å². The molecule has 0 spiro atoms. The summed E-state index contributed by atoms with van der Waals surface area (Å²) >= 11 is 11.6. The number of rotatable bonds is 3. The van der Waals surface area contributed by atoms with Gasteiger partial charge in [-0.1, -0.05) is 47.5 Å². The van der Waals surface area contributed by atoms with Gasteiger partial charge in [0.1, 0.15) is 0 Å². The Morgan fingerprint density at radius 1 is 1.04 bits per heavy atom. The number of benzene rings is 2. The molecule has 0 atom stereocenters. The molecule has 24 heavy (non-hydrogen) atoms. The van der Waals surface area contributed by atoms with Crippen LogP contribution in [0, 0.1) is 25.2 Å². The van der Waals surface area contributed by atoms with E-state index in [4.69, 9.17) is 33.6 Å². The second kappa shape index (κ2) is 10.9. The third-order valence-corrected chi connectivity index (χ3v) is 3.93. The number of hydrogen-bond donors (Lipinski definition) is 1. The first kappa shape index (κ1) is 22.3. The zero-order chi connectivity index (χ0) is 17.4. The fourth-order valence-electron chi connectivity index (χ4n) is 1.76. The predicted octanol–water partition coefficient (Wildman–Crippen LogP) is 5.41. The number of halogens is 3. The van der Waals surface area contributed by atoms with Gasteiger partial charge in [0.15, 0.2) is 0 Å². The lowest BCUT2D eigenvalue weighted by Gasteiger charge is -2.00. The van der Waals surface area contributed by atoms with Crippen LogP contribution >= 0.6 is 35.6 Å². The summed E-state index contributed by atoms with van der Waals surface area (Å²) in [6.45, 7) is 3.82. The average molecular weight is 387 g/mol. The molecule has 0 amide bonds. The molecule has 0 bridgehead atoms. The van der Waals surface area contributed by atoms with Crippen LogP contribution in [0.2, 0.25) is 10.0 Å². The normalized spacial score (nSPS) is 9.12. The van der Waals surface area contributed by atoms with Gasteiger partial charge in [0.2, 0.25) is 0 Å². The van der Waals surface area contributed by atoms with Crippen LogP contribution in [0.1, 0.15) is 22.3 Å². The molecule has 0 fully saturated rings. The van der Waals surface area contributed by atoms with Crippen LogP contribution in [-0.4, -0.2) is 11.1 Å². The second-order valence-electron chi connectivity index (χ2n) is 5.07. The van der Waals surface area contributed by atoms with Crippen molar-refractivity contribution in [2.75, 3.05) is 0 Å². The van der Waals surface area contributed by atoms with Gasteiger partial charge in [-0.3, -0.25) is 4.79 Å². The lowest BCUT2D eigenvalue weighted by atomic mass is 10.1. The molecule has 0 aliphatic carbocycles. The molecule has 1 N–H and O–H groups in total. The average Bonchev–Trinajstić information content (AvgIpc) is 2.47. The van der Waals surface area contributed by atoms with E-state index in [0.717, 1.165) is 27.3 Å². The van der Waals surface area contributed by atoms with E-state index in [1.807, 2.05) is 38.1 Å². The summed E-state index contributed by atoms with van der Waals surface area (Å²) in [7, 11) is 0. The van der Waals surface area contributed by atoms with Gasteiger partial charge in [-0.2, -0.15) is 5.26 Å². The van der Waals surface area contributed by atoms with E-state index in [-0.39, 0.29) is 18.8 Å². The first-order chi connectivity index (χ1) is 10.8. The van der Waals surface area contributed by atoms with Crippen molar-refractivity contribution in [1.29, 1.82) is 5.26 Å². The Kier molecular flexibility index (Phi) is 10.1. The highest BCUT2D eigenvalue weighted by Crippen LogP contribution is 2.17. The van der Waals surface area contributed by atoms with Gasteiger partial charge < -0.3 is 5.11 Å². The minimum atomic E-state index is -0.838. The maximum Gasteiger partial charge on any atom is 0.307 e. The molecule has 2 rings (SSSR count). The summed E-state index contributed by atoms with van der Waals surface area (Å²) in [5.41, 5.74) is 3.72. The van der Waals surface area contributed by atoms with Crippen LogP contribution in [-0.2, 0) is 17.6 Å². The molecule has 0 aliphatic rings. The van der Waals surface area contributed by atoms with Crippen LogP contribution in [0.4, 0.5) is 0 Å². The Labute approximate surface area is 158 Å². The molecule has 0 aromatic heterocycles. The summed E-state index contributed by atoms with van der Waals surface area (Å²) in [4.78, 5) is 10.3. The number of nitriles is 1. The summed E-state index contributed by atoms with van der Waals surface area (Å²) < 4.78 is 0. The third-order valence-electron chi connectivity index (χ3n) is 3.11. The largest absolute Gasteiger partial charge is 0.481 e. The van der Waals surface area contributed by atoms with E-state index < -0.39 is 5.97 Å². The van der Waals surface area contributed by atoms with Gasteiger partial charge in [0, 0.05) is 10.0 Å². The van der Waals surface area contributed by atoms with Crippen molar-refractivity contribution in [3.05, 3.63) is 68.7 Å². The van der Waals surface area contributed by atoms with Crippen molar-refractivity contribution in [3.8, 4) is 6.07 Å². The maximum atomic E-state index is 10.3. The zero-order valence-corrected chi connectivity index (χ0v) is 15.7. The molecule has 0 aliphatic heterocycles. The fraction of sp³-hybridized carbons (Fsp3) is 0.222. The molecule has 2 aromatic carbocycles. The number of hydrogen-bond acceptors (Lipinski definition) is 2. The van der Waals surface area contributed by atoms with Crippen LogP contribution in [0.3, 0.4) is 0 Å². The van der Waals surface area contributed by atoms with E-state index in [1.54, 1.807) is 12.1 Å². The Balaban J connectivity index is 0.000000425. The molecule has 3 nitrogen and oxygen atoms in total. The van der Waals surface area contributed by atoms with Gasteiger partial charge in [-0.15, -0.1) is 12.4 Å². The summed E-state index contributed by atoms with van der Waals surface area (Å²) in [5.74, 6) is -0.838. The molecule has 6 heteroatoms. The van der Waals surface area contributed by atoms with Gasteiger partial charge in [-0.25, -0.2) is 0 Å². The van der Waals surface area contributed by atoms with Crippen molar-refractivity contribution >= 4 is 41.6 Å². The lowest BCUT2D eigenvalue weighted by molar-refractivity contribution is -0.136. The highest BCUT2D eigenvalue weighted by Gasteiger charge is 2.01. The van der Waals surface area contributed by atoms with Crippen molar-refractivity contribution in [3.63, 3.8) is 0 Å². The highest BCUT2D eigenvalue weighted by atomic mass is 35.5. The fourth-order valence-corrected chi connectivity index (χ4v) is 2.16. The number of carboxylic acids is 1. The molecule has 0 saturated heterocycles. The Bertz CT molecular complexity index is 740. The van der Waals surface area contributed by atoms with E-state index >= 15 is 0 Å². The SMILES string of the molecule is Cc1ccc(CC#N)cc1Cl.Cc1ccc(CC(=O)O)cc1Cl.Cl. The molecular weight excluding hydrogens is 369 g/mol. The minimum absolute atomic E-state index is 0. The molecule has 0 saturated carbocycles. The van der Waals surface area contributed by atoms with Crippen LogP contribution < -0.4 is 0 Å². The van der Waals surface area contributed by atoms with Gasteiger partial charge >= 0.3 is 5.97 Å². The second-order valence-corrected chi connectivity index (χ2v) is 5.89. The van der Waals surface area contributed by atoms with E-state index in [9.17, 15) is 4.79 Å². The Morgan fingerprint density at radius 3 is 1.92 bits per heavy atom. The van der Waals surface area contributed by atoms with Crippen LogP contribution in [0.5, 0.6) is 0 Å². The van der Waals surface area contributed by atoms with Crippen molar-refractivity contribution < 1.29 is 9.90 Å². The standard InChI is InChI=1S/C9H8ClN.C9H9ClO2.ClH/c1-7-2-3-8(4-5-11)6-9(7)10;1-6-2-3-7(4-8(6)10)5-9(11)12;/h2-3,6H,4H2,1H3;2-4H,5H2,1H3,(H,11,12);1H. The minimum Gasteiger partial charge on any atom is -0.481 e. The number of nitrogens with zero attached hydrogens (tertiary/aromatic N) is 1. The Hall–Kier alpha value is -1.73. The number of carbonyl (C=O) groups is 1. The first-order valence-electron chi connectivity index (χ1n) is 6.92. The summed E-state index contributed by atoms with van der Waals surface area (Å²) in [6, 6.07) is 13.0. The summed E-state index contributed by atoms with van der Waals surface area (Å²) in [6.07, 6.45) is 0.458. The summed E-state index contributed by atoms with van der Waals surface area (Å²) in [5, 5.41) is 18.2. The van der Waals surface area contributed by atoms with Crippen LogP contribution in [0.15, 0.2) is 36.4 Å². The van der Waals surface area contributed by atoms with Gasteiger partial charge in [-0.05, 0) is 48.2 Å². The number of carboxylic acid groups (broad SMARTS) is 1. The van der Waals surface area contributed by atoms with Crippen molar-refractivity contribution in [2.45, 2.75) is 26.7 Å². The monoisotopic (exact) mass is 385 g/mol. The van der Waals surface area contributed by atoms with E-state index in [0.29, 0.717) is 11.4 Å². The topological polar surface area (TPSA) is 61.1 Å². The number of aryl methyl sites for hydroxylation is 2. The quantitative estimate of drug-likeness (QED) is 0.767. The van der Waals surface area contributed by atoms with Crippen molar-refractivity contribution in [1.82, 2.24) is 0 Å². The predicted molar refractivity (Wildman–Crippen MR) is 100 cm³/mol. The third kappa shape index (κ3) is 7.70. The van der Waals surface area contributed by atoms with Crippen LogP contribution in [0.25, 0.3) is 0 Å². The van der Waals surface area contributed by atoms with Gasteiger partial charge in [0.05, 0.1) is 18.9 Å². The number of aliphatic carboxylic acids is 1. The van der Waals surface area contributed by atoms with Gasteiger partial charge in [0.25, 0.3) is 0 Å². The highest BCUT2D eigenvalue weighted by molar-refractivity contribution is 6.31. The first-order valence-corrected chi connectivity index (χ1v) is 7.68.